The monoisotopic (exact) mass is 816 g/mol. The Morgan fingerprint density at radius 1 is 0.500 bits per heavy atom. The Balaban J connectivity index is 1.24. The highest BCUT2D eigenvalue weighted by Crippen LogP contribution is 2.45. The molecule has 2 aliphatic carbocycles. The molecule has 21 nitrogen and oxygen atoms in total. The summed E-state index contributed by atoms with van der Waals surface area (Å²) in [7, 11) is 2.91. The predicted molar refractivity (Wildman–Crippen MR) is 181 cm³/mol. The first-order valence-electron chi connectivity index (χ1n) is 19.3. The minimum atomic E-state index is -1.81. The molecular weight excluding hydrogens is 756 g/mol. The zero-order chi connectivity index (χ0) is 40.7. The molecule has 21 heteroatoms. The van der Waals surface area contributed by atoms with E-state index in [2.05, 4.69) is 0 Å². The molecule has 0 bridgehead atoms. The SMILES string of the molecule is COC1CC(C2OC3CC(O)CC(OC4OC(CO)C(O)C(O)C4O)C3CC2OC2OC(COC3OC(C)C(O)C(O)C3O)C(O)C(O)C2O)CC(OC)C1O. The van der Waals surface area contributed by atoms with Gasteiger partial charge in [-0.1, -0.05) is 0 Å². The third-order valence-corrected chi connectivity index (χ3v) is 12.4. The molecule has 0 radical (unpaired) electrons. The molecular formula is C35H60O21. The molecule has 0 aromatic heterocycles. The Hall–Kier alpha value is -0.840. The van der Waals surface area contributed by atoms with E-state index in [1.807, 2.05) is 0 Å². The van der Waals surface area contributed by atoms with E-state index in [1.54, 1.807) is 0 Å². The Morgan fingerprint density at radius 3 is 1.62 bits per heavy atom. The van der Waals surface area contributed by atoms with Gasteiger partial charge in [0.15, 0.2) is 18.9 Å². The first-order valence-corrected chi connectivity index (χ1v) is 19.3. The minimum Gasteiger partial charge on any atom is -0.394 e. The number of hydrogen-bond donors (Lipinski definition) is 12. The van der Waals surface area contributed by atoms with Gasteiger partial charge in [-0.05, 0) is 38.5 Å². The molecule has 56 heavy (non-hydrogen) atoms. The van der Waals surface area contributed by atoms with Crippen LogP contribution in [-0.4, -0.2) is 230 Å². The van der Waals surface area contributed by atoms with Gasteiger partial charge >= 0.3 is 0 Å². The van der Waals surface area contributed by atoms with Crippen molar-refractivity contribution >= 4 is 0 Å². The van der Waals surface area contributed by atoms with Crippen LogP contribution >= 0.6 is 0 Å². The molecule has 0 aromatic carbocycles. The molecule has 4 aliphatic heterocycles. The van der Waals surface area contributed by atoms with Gasteiger partial charge in [-0.15, -0.1) is 0 Å². The molecule has 4 heterocycles. The number of methoxy groups -OCH3 is 2. The van der Waals surface area contributed by atoms with Crippen LogP contribution in [0.4, 0.5) is 0 Å². The van der Waals surface area contributed by atoms with Crippen LogP contribution in [-0.2, 0) is 42.6 Å². The quantitative estimate of drug-likeness (QED) is 0.0923. The van der Waals surface area contributed by atoms with Crippen molar-refractivity contribution in [3.8, 4) is 0 Å². The number of rotatable bonds is 11. The highest BCUT2D eigenvalue weighted by atomic mass is 16.7. The largest absolute Gasteiger partial charge is 0.394 e. The van der Waals surface area contributed by atoms with Crippen molar-refractivity contribution in [3.63, 3.8) is 0 Å². The van der Waals surface area contributed by atoms with E-state index in [4.69, 9.17) is 42.6 Å². The lowest BCUT2D eigenvalue weighted by atomic mass is 9.72. The predicted octanol–water partition coefficient (Wildman–Crippen LogP) is -6.06. The molecule has 4 saturated heterocycles. The van der Waals surface area contributed by atoms with Gasteiger partial charge in [0.1, 0.15) is 73.2 Å². The highest BCUT2D eigenvalue weighted by Gasteiger charge is 2.55. The van der Waals surface area contributed by atoms with Gasteiger partial charge in [0, 0.05) is 26.6 Å². The molecule has 0 spiro atoms. The van der Waals surface area contributed by atoms with Gasteiger partial charge in [0.25, 0.3) is 0 Å². The van der Waals surface area contributed by atoms with E-state index < -0.39 is 166 Å². The number of aliphatic hydroxyl groups excluding tert-OH is 12. The zero-order valence-electron chi connectivity index (χ0n) is 31.4. The third kappa shape index (κ3) is 9.09. The normalized spacial score (nSPS) is 54.4. The van der Waals surface area contributed by atoms with Crippen LogP contribution in [0.3, 0.4) is 0 Å². The lowest BCUT2D eigenvalue weighted by molar-refractivity contribution is -0.352. The average molecular weight is 817 g/mol. The van der Waals surface area contributed by atoms with Crippen LogP contribution in [0.15, 0.2) is 0 Å². The summed E-state index contributed by atoms with van der Waals surface area (Å²) in [6.45, 7) is 0.263. The number of ether oxygens (including phenoxy) is 9. The highest BCUT2D eigenvalue weighted by molar-refractivity contribution is 5.02. The smallest absolute Gasteiger partial charge is 0.187 e. The van der Waals surface area contributed by atoms with E-state index in [9.17, 15) is 61.3 Å². The molecule has 23 unspecified atom stereocenters. The fourth-order valence-corrected chi connectivity index (χ4v) is 9.06. The van der Waals surface area contributed by atoms with Crippen LogP contribution in [0.25, 0.3) is 0 Å². The lowest BCUT2D eigenvalue weighted by Crippen LogP contribution is -2.64. The van der Waals surface area contributed by atoms with Crippen molar-refractivity contribution < 1.29 is 104 Å². The second-order valence-electron chi connectivity index (χ2n) is 16.0. The van der Waals surface area contributed by atoms with Crippen molar-refractivity contribution in [2.75, 3.05) is 27.4 Å². The van der Waals surface area contributed by atoms with Crippen molar-refractivity contribution in [2.45, 2.75) is 180 Å². The van der Waals surface area contributed by atoms with Gasteiger partial charge in [0.2, 0.25) is 0 Å². The van der Waals surface area contributed by atoms with Gasteiger partial charge in [-0.25, -0.2) is 0 Å². The summed E-state index contributed by atoms with van der Waals surface area (Å²) in [5.41, 5.74) is 0. The molecule has 12 N–H and O–H groups in total. The van der Waals surface area contributed by atoms with Crippen molar-refractivity contribution in [2.24, 2.45) is 11.8 Å². The summed E-state index contributed by atoms with van der Waals surface area (Å²) in [4.78, 5) is 0. The van der Waals surface area contributed by atoms with Gasteiger partial charge in [-0.2, -0.15) is 0 Å². The van der Waals surface area contributed by atoms with Crippen LogP contribution in [0.5, 0.6) is 0 Å². The number of fused-ring (bicyclic) bond motifs is 1. The standard InChI is InChI=1S/C35H60O21/c1-11-22(38)26(42)29(45)33(51-11)50-10-21-25(41)28(44)31(47)35(56-21)54-19-8-14-15(52-32(19)12-4-17(48-2)23(39)18(5-12)49-3)6-13(37)7-16(14)53-34-30(46)27(43)24(40)20(9-36)55-34/h11-47H,4-10H2,1-3H3. The fourth-order valence-electron chi connectivity index (χ4n) is 9.06. The number of aliphatic hydroxyl groups is 12. The second-order valence-corrected chi connectivity index (χ2v) is 16.0. The summed E-state index contributed by atoms with van der Waals surface area (Å²) in [5.74, 6) is -0.978. The maximum Gasteiger partial charge on any atom is 0.187 e. The Kier molecular flexibility index (Phi) is 15.0. The first kappa shape index (κ1) is 44.7. The van der Waals surface area contributed by atoms with Gasteiger partial charge in [0.05, 0.1) is 62.0 Å². The Morgan fingerprint density at radius 2 is 1.04 bits per heavy atom. The molecule has 326 valence electrons. The topological polar surface area (TPSA) is 326 Å². The van der Waals surface area contributed by atoms with Crippen LogP contribution in [0, 0.1) is 11.8 Å². The molecule has 6 fully saturated rings. The maximum atomic E-state index is 11.2. The molecule has 6 rings (SSSR count). The van der Waals surface area contributed by atoms with Crippen molar-refractivity contribution in [1.29, 1.82) is 0 Å². The molecule has 23 atom stereocenters. The summed E-state index contributed by atoms with van der Waals surface area (Å²) in [5, 5.41) is 127. The summed E-state index contributed by atoms with van der Waals surface area (Å²) < 4.78 is 53.2. The van der Waals surface area contributed by atoms with Crippen LogP contribution < -0.4 is 0 Å². The molecule has 0 amide bonds. The molecule has 0 aromatic rings. The summed E-state index contributed by atoms with van der Waals surface area (Å²) >= 11 is 0. The lowest BCUT2D eigenvalue weighted by Gasteiger charge is -2.53. The Bertz CT molecular complexity index is 1220. The van der Waals surface area contributed by atoms with Gasteiger partial charge in [-0.3, -0.25) is 0 Å². The van der Waals surface area contributed by atoms with E-state index >= 15 is 0 Å². The Labute approximate surface area is 323 Å². The van der Waals surface area contributed by atoms with Crippen molar-refractivity contribution in [1.82, 2.24) is 0 Å². The minimum absolute atomic E-state index is 0.0381. The summed E-state index contributed by atoms with van der Waals surface area (Å²) in [6.07, 6.45) is -28.7. The molecule has 2 saturated carbocycles. The van der Waals surface area contributed by atoms with E-state index in [0.717, 1.165) is 0 Å². The average Bonchev–Trinajstić information content (AvgIpc) is 3.18. The summed E-state index contributed by atoms with van der Waals surface area (Å²) in [6, 6.07) is 0. The molecule has 6 aliphatic rings. The van der Waals surface area contributed by atoms with Crippen molar-refractivity contribution in [3.05, 3.63) is 0 Å². The second kappa shape index (κ2) is 18.8. The van der Waals surface area contributed by atoms with Gasteiger partial charge < -0.3 is 104 Å². The van der Waals surface area contributed by atoms with Crippen LogP contribution in [0.1, 0.15) is 39.0 Å². The van der Waals surface area contributed by atoms with E-state index in [-0.39, 0.29) is 19.3 Å². The first-order chi connectivity index (χ1) is 26.6. The zero-order valence-corrected chi connectivity index (χ0v) is 31.4. The maximum absolute atomic E-state index is 11.2. The third-order valence-electron chi connectivity index (χ3n) is 12.4. The van der Waals surface area contributed by atoms with E-state index in [1.165, 1.54) is 21.1 Å². The fraction of sp³-hybridized carbons (Fsp3) is 1.00. The van der Waals surface area contributed by atoms with E-state index in [0.29, 0.717) is 12.8 Å². The number of hydrogen-bond acceptors (Lipinski definition) is 21. The van der Waals surface area contributed by atoms with Crippen LogP contribution in [0.2, 0.25) is 0 Å².